The molecule has 0 aromatic heterocycles. The van der Waals surface area contributed by atoms with Gasteiger partial charge in [-0.25, -0.2) is 0 Å². The smallest absolute Gasteiger partial charge is 0.306 e. The first-order chi connectivity index (χ1) is 30.0. The summed E-state index contributed by atoms with van der Waals surface area (Å²) in [5, 5.41) is 0. The Morgan fingerprint density at radius 1 is 0.344 bits per heavy atom. The molecule has 346 valence electrons. The van der Waals surface area contributed by atoms with Crippen LogP contribution in [-0.2, 0) is 28.6 Å². The van der Waals surface area contributed by atoms with Crippen LogP contribution in [0.2, 0.25) is 0 Å². The summed E-state index contributed by atoms with van der Waals surface area (Å²) in [6, 6.07) is 0. The molecular formula is C55H90O6. The third-order valence-electron chi connectivity index (χ3n) is 10.0. The molecule has 0 N–H and O–H groups in total. The number of esters is 3. The van der Waals surface area contributed by atoms with Gasteiger partial charge in [-0.2, -0.15) is 0 Å². The maximum Gasteiger partial charge on any atom is 0.306 e. The van der Waals surface area contributed by atoms with Gasteiger partial charge < -0.3 is 14.2 Å². The molecule has 0 aliphatic heterocycles. The number of hydrogen-bond acceptors (Lipinski definition) is 6. The summed E-state index contributed by atoms with van der Waals surface area (Å²) in [5.41, 5.74) is 0. The van der Waals surface area contributed by atoms with Crippen molar-refractivity contribution < 1.29 is 28.6 Å². The lowest BCUT2D eigenvalue weighted by Gasteiger charge is -2.18. The van der Waals surface area contributed by atoms with Crippen molar-refractivity contribution in [3.8, 4) is 0 Å². The molecule has 0 heterocycles. The zero-order chi connectivity index (χ0) is 44.4. The first kappa shape index (κ1) is 57.3. The molecule has 61 heavy (non-hydrogen) atoms. The SMILES string of the molecule is CC/C=C\C/C=C\C/C=C\C/C=C\C/C=C\CCCC(=O)OC[C@@H](COC(=O)CCCCCCC/C=C\CCCCC)OC(=O)CCCCCCC/C=C\C/C=C\CCCC. The van der Waals surface area contributed by atoms with Crippen molar-refractivity contribution in [2.45, 2.75) is 219 Å². The van der Waals surface area contributed by atoms with E-state index in [1.54, 1.807) is 0 Å². The predicted molar refractivity (Wildman–Crippen MR) is 260 cm³/mol. The van der Waals surface area contributed by atoms with E-state index in [9.17, 15) is 14.4 Å². The van der Waals surface area contributed by atoms with E-state index in [1.807, 2.05) is 0 Å². The molecule has 0 bridgehead atoms. The number of allylic oxidation sites excluding steroid dienone is 16. The Hall–Kier alpha value is -3.67. The molecule has 0 radical (unpaired) electrons. The van der Waals surface area contributed by atoms with Gasteiger partial charge in [-0.15, -0.1) is 0 Å². The summed E-state index contributed by atoms with van der Waals surface area (Å²) < 4.78 is 16.7. The highest BCUT2D eigenvalue weighted by Crippen LogP contribution is 2.12. The first-order valence-corrected chi connectivity index (χ1v) is 24.7. The Morgan fingerprint density at radius 2 is 0.672 bits per heavy atom. The normalized spacial score (nSPS) is 12.9. The van der Waals surface area contributed by atoms with Gasteiger partial charge in [0.05, 0.1) is 0 Å². The van der Waals surface area contributed by atoms with Crippen LogP contribution in [0.1, 0.15) is 213 Å². The minimum absolute atomic E-state index is 0.107. The molecule has 0 aromatic carbocycles. The van der Waals surface area contributed by atoms with Crippen molar-refractivity contribution in [1.29, 1.82) is 0 Å². The second-order valence-electron chi connectivity index (χ2n) is 16.0. The first-order valence-electron chi connectivity index (χ1n) is 24.7. The van der Waals surface area contributed by atoms with Crippen LogP contribution in [0.5, 0.6) is 0 Å². The zero-order valence-electron chi connectivity index (χ0n) is 39.4. The third kappa shape index (κ3) is 47.2. The van der Waals surface area contributed by atoms with E-state index in [0.29, 0.717) is 19.3 Å². The molecule has 6 heteroatoms. The van der Waals surface area contributed by atoms with E-state index in [0.717, 1.165) is 116 Å². The average molecular weight is 847 g/mol. The standard InChI is InChI=1S/C55H90O6/c1-4-7-10-13-16-19-22-25-27-28-29-31-33-36-39-42-45-48-54(57)60-51-52(50-59-53(56)47-44-41-38-35-32-24-21-18-15-12-9-6-3)61-55(58)49-46-43-40-37-34-30-26-23-20-17-14-11-8-5-2/h7,10,14,16-19,21,23,25-27,29,31,36,39,52H,4-6,8-9,11-13,15,20,22,24,28,30,32-35,37-38,40-51H2,1-3H3/b10-7-,17-14-,19-16-,21-18-,26-23-,27-25-,31-29-,39-36-/t52-/m1/s1. The van der Waals surface area contributed by atoms with Crippen molar-refractivity contribution >= 4 is 17.9 Å². The van der Waals surface area contributed by atoms with E-state index in [1.165, 1.54) is 51.4 Å². The van der Waals surface area contributed by atoms with Crippen LogP contribution in [0.4, 0.5) is 0 Å². The van der Waals surface area contributed by atoms with Gasteiger partial charge in [-0.3, -0.25) is 14.4 Å². The Labute approximate surface area is 375 Å². The van der Waals surface area contributed by atoms with Crippen LogP contribution in [0.25, 0.3) is 0 Å². The Bertz CT molecular complexity index is 1250. The predicted octanol–water partition coefficient (Wildman–Crippen LogP) is 16.2. The summed E-state index contributed by atoms with van der Waals surface area (Å²) in [6.45, 7) is 6.37. The van der Waals surface area contributed by atoms with E-state index >= 15 is 0 Å². The molecule has 0 unspecified atom stereocenters. The number of carbonyl (C=O) groups excluding carboxylic acids is 3. The molecular weight excluding hydrogens is 757 g/mol. The summed E-state index contributed by atoms with van der Waals surface area (Å²) in [7, 11) is 0. The molecule has 1 atom stereocenters. The summed E-state index contributed by atoms with van der Waals surface area (Å²) >= 11 is 0. The third-order valence-corrected chi connectivity index (χ3v) is 10.0. The second kappa shape index (κ2) is 49.0. The van der Waals surface area contributed by atoms with Gasteiger partial charge in [0, 0.05) is 19.3 Å². The van der Waals surface area contributed by atoms with Crippen molar-refractivity contribution in [2.24, 2.45) is 0 Å². The molecule has 0 aromatic rings. The van der Waals surface area contributed by atoms with E-state index < -0.39 is 6.10 Å². The molecule has 0 spiro atoms. The highest BCUT2D eigenvalue weighted by molar-refractivity contribution is 5.71. The Kier molecular flexibility index (Phi) is 46.0. The van der Waals surface area contributed by atoms with Gasteiger partial charge >= 0.3 is 17.9 Å². The fraction of sp³-hybridized carbons (Fsp3) is 0.655. The maximum atomic E-state index is 12.8. The van der Waals surface area contributed by atoms with Gasteiger partial charge in [0.15, 0.2) is 6.10 Å². The fourth-order valence-corrected chi connectivity index (χ4v) is 6.31. The molecule has 0 fully saturated rings. The average Bonchev–Trinajstić information content (AvgIpc) is 3.26. The largest absolute Gasteiger partial charge is 0.462 e. The minimum atomic E-state index is -0.810. The van der Waals surface area contributed by atoms with Crippen molar-refractivity contribution in [3.05, 3.63) is 97.2 Å². The van der Waals surface area contributed by atoms with Crippen molar-refractivity contribution in [2.75, 3.05) is 13.2 Å². The van der Waals surface area contributed by atoms with Crippen LogP contribution in [0.15, 0.2) is 97.2 Å². The summed E-state index contributed by atoms with van der Waals surface area (Å²) in [6.07, 6.45) is 63.9. The number of unbranched alkanes of at least 4 members (excludes halogenated alkanes) is 16. The zero-order valence-corrected chi connectivity index (χ0v) is 39.4. The van der Waals surface area contributed by atoms with E-state index in [2.05, 4.69) is 118 Å². The lowest BCUT2D eigenvalue weighted by atomic mass is 10.1. The monoisotopic (exact) mass is 847 g/mol. The van der Waals surface area contributed by atoms with E-state index in [-0.39, 0.29) is 37.5 Å². The van der Waals surface area contributed by atoms with Crippen LogP contribution < -0.4 is 0 Å². The molecule has 0 amide bonds. The van der Waals surface area contributed by atoms with E-state index in [4.69, 9.17) is 14.2 Å². The Balaban J connectivity index is 4.52. The topological polar surface area (TPSA) is 78.9 Å². The highest BCUT2D eigenvalue weighted by Gasteiger charge is 2.19. The molecule has 0 rings (SSSR count). The molecule has 0 saturated heterocycles. The summed E-state index contributed by atoms with van der Waals surface area (Å²) in [5.74, 6) is -0.996. The Morgan fingerprint density at radius 3 is 1.13 bits per heavy atom. The van der Waals surface area contributed by atoms with Gasteiger partial charge in [0.1, 0.15) is 13.2 Å². The quantitative estimate of drug-likeness (QED) is 0.0263. The summed E-state index contributed by atoms with van der Waals surface area (Å²) in [4.78, 5) is 37.9. The van der Waals surface area contributed by atoms with Gasteiger partial charge in [-0.05, 0) is 109 Å². The van der Waals surface area contributed by atoms with Gasteiger partial charge in [-0.1, -0.05) is 182 Å². The van der Waals surface area contributed by atoms with Crippen molar-refractivity contribution in [1.82, 2.24) is 0 Å². The van der Waals surface area contributed by atoms with Crippen LogP contribution in [0, 0.1) is 0 Å². The number of rotatable bonds is 43. The lowest BCUT2D eigenvalue weighted by Crippen LogP contribution is -2.30. The fourth-order valence-electron chi connectivity index (χ4n) is 6.31. The second-order valence-corrected chi connectivity index (χ2v) is 16.0. The maximum absolute atomic E-state index is 12.8. The lowest BCUT2D eigenvalue weighted by molar-refractivity contribution is -0.167. The molecule has 0 aliphatic carbocycles. The highest BCUT2D eigenvalue weighted by atomic mass is 16.6. The van der Waals surface area contributed by atoms with Gasteiger partial charge in [0.25, 0.3) is 0 Å². The van der Waals surface area contributed by atoms with Crippen molar-refractivity contribution in [3.63, 3.8) is 0 Å². The van der Waals surface area contributed by atoms with Crippen LogP contribution >= 0.6 is 0 Å². The number of carbonyl (C=O) groups is 3. The molecule has 0 aliphatic rings. The van der Waals surface area contributed by atoms with Crippen LogP contribution in [-0.4, -0.2) is 37.2 Å². The minimum Gasteiger partial charge on any atom is -0.462 e. The molecule has 0 saturated carbocycles. The van der Waals surface area contributed by atoms with Crippen LogP contribution in [0.3, 0.4) is 0 Å². The van der Waals surface area contributed by atoms with Gasteiger partial charge in [0.2, 0.25) is 0 Å². The molecule has 6 nitrogen and oxygen atoms in total. The number of ether oxygens (including phenoxy) is 3. The number of hydrogen-bond donors (Lipinski definition) is 0.